The van der Waals surface area contributed by atoms with Gasteiger partial charge >= 0.3 is 5.69 Å². The molecule has 0 amide bonds. The van der Waals surface area contributed by atoms with Gasteiger partial charge in [0, 0.05) is 32.2 Å². The molecule has 25 heavy (non-hydrogen) atoms. The van der Waals surface area contributed by atoms with Gasteiger partial charge in [-0.05, 0) is 18.6 Å². The summed E-state index contributed by atoms with van der Waals surface area (Å²) in [7, 11) is 1.46. The average molecular weight is 338 g/mol. The van der Waals surface area contributed by atoms with Crippen LogP contribution in [0.15, 0.2) is 46.1 Å². The molecule has 0 aliphatic carbocycles. The van der Waals surface area contributed by atoms with E-state index < -0.39 is 5.69 Å². The minimum absolute atomic E-state index is 0.169. The van der Waals surface area contributed by atoms with E-state index in [0.717, 1.165) is 34.4 Å². The van der Waals surface area contributed by atoms with E-state index in [1.54, 1.807) is 6.20 Å². The third kappa shape index (κ3) is 2.98. The second kappa shape index (κ2) is 6.04. The highest BCUT2D eigenvalue weighted by Crippen LogP contribution is 2.19. The van der Waals surface area contributed by atoms with Crippen molar-refractivity contribution in [2.45, 2.75) is 12.5 Å². The Bertz CT molecular complexity index is 1010. The Labute approximate surface area is 143 Å². The van der Waals surface area contributed by atoms with Crippen molar-refractivity contribution < 1.29 is 0 Å². The lowest BCUT2D eigenvalue weighted by Gasteiger charge is -2.18. The summed E-state index contributed by atoms with van der Waals surface area (Å²) in [6.07, 6.45) is 2.61. The fourth-order valence-electron chi connectivity index (χ4n) is 3.05. The van der Waals surface area contributed by atoms with Gasteiger partial charge in [0.05, 0.1) is 17.2 Å². The molecule has 4 rings (SSSR count). The van der Waals surface area contributed by atoms with Gasteiger partial charge in [0.15, 0.2) is 0 Å². The van der Waals surface area contributed by atoms with Crippen molar-refractivity contribution in [3.63, 3.8) is 0 Å². The topological polar surface area (TPSA) is 95.9 Å². The minimum atomic E-state index is -0.403. The molecule has 2 aromatic heterocycles. The molecule has 8 nitrogen and oxygen atoms in total. The lowest BCUT2D eigenvalue weighted by atomic mass is 10.2. The molecule has 0 saturated carbocycles. The van der Waals surface area contributed by atoms with Crippen molar-refractivity contribution in [1.29, 1.82) is 0 Å². The number of hydrogen-bond acceptors (Lipinski definition) is 6. The molecule has 0 bridgehead atoms. The molecule has 1 aromatic carbocycles. The molecule has 0 unspecified atom stereocenters. The van der Waals surface area contributed by atoms with Crippen LogP contribution in [0.3, 0.4) is 0 Å². The maximum absolute atomic E-state index is 11.8. The Morgan fingerprint density at radius 1 is 1.24 bits per heavy atom. The summed E-state index contributed by atoms with van der Waals surface area (Å²) in [6, 6.07) is 9.35. The van der Waals surface area contributed by atoms with E-state index in [9.17, 15) is 9.59 Å². The number of fused-ring (bicyclic) bond motifs is 1. The van der Waals surface area contributed by atoms with Crippen molar-refractivity contribution in [2.75, 3.05) is 23.3 Å². The zero-order valence-electron chi connectivity index (χ0n) is 13.8. The molecule has 1 saturated heterocycles. The fraction of sp³-hybridized carbons (Fsp3) is 0.294. The number of para-hydroxylation sites is 2. The van der Waals surface area contributed by atoms with Crippen LogP contribution in [0.4, 0.5) is 11.6 Å². The first-order valence-electron chi connectivity index (χ1n) is 8.14. The number of aromatic nitrogens is 4. The number of rotatable bonds is 3. The second-order valence-electron chi connectivity index (χ2n) is 6.18. The third-order valence-corrected chi connectivity index (χ3v) is 4.46. The monoisotopic (exact) mass is 338 g/mol. The summed E-state index contributed by atoms with van der Waals surface area (Å²) in [5, 5.41) is 3.38. The largest absolute Gasteiger partial charge is 0.364 e. The second-order valence-corrected chi connectivity index (χ2v) is 6.18. The lowest BCUT2D eigenvalue weighted by molar-refractivity contribution is 0.760. The van der Waals surface area contributed by atoms with Gasteiger partial charge in [-0.2, -0.15) is 0 Å². The first-order valence-corrected chi connectivity index (χ1v) is 8.14. The van der Waals surface area contributed by atoms with Gasteiger partial charge in [0.2, 0.25) is 0 Å². The fourth-order valence-corrected chi connectivity index (χ4v) is 3.05. The Morgan fingerprint density at radius 2 is 2.04 bits per heavy atom. The first-order chi connectivity index (χ1) is 12.1. The Hall–Kier alpha value is -3.16. The van der Waals surface area contributed by atoms with Gasteiger partial charge in [-0.1, -0.05) is 12.1 Å². The van der Waals surface area contributed by atoms with E-state index in [4.69, 9.17) is 0 Å². The van der Waals surface area contributed by atoms with Crippen LogP contribution in [0, 0.1) is 0 Å². The quantitative estimate of drug-likeness (QED) is 0.730. The minimum Gasteiger partial charge on any atom is -0.364 e. The van der Waals surface area contributed by atoms with E-state index in [0.29, 0.717) is 12.4 Å². The van der Waals surface area contributed by atoms with Crippen LogP contribution in [0.1, 0.15) is 6.42 Å². The summed E-state index contributed by atoms with van der Waals surface area (Å²) in [5.41, 5.74) is 0.993. The van der Waals surface area contributed by atoms with Gasteiger partial charge in [0.25, 0.3) is 5.56 Å². The van der Waals surface area contributed by atoms with Crippen LogP contribution in [-0.2, 0) is 7.05 Å². The molecule has 2 N–H and O–H groups in total. The summed E-state index contributed by atoms with van der Waals surface area (Å²) in [4.78, 5) is 37.3. The van der Waals surface area contributed by atoms with Crippen molar-refractivity contribution in [3.8, 4) is 0 Å². The van der Waals surface area contributed by atoms with E-state index in [2.05, 4.69) is 20.3 Å². The number of nitrogens with zero attached hydrogens (tertiary/aromatic N) is 4. The molecule has 0 spiro atoms. The van der Waals surface area contributed by atoms with Crippen molar-refractivity contribution >= 4 is 22.7 Å². The van der Waals surface area contributed by atoms with Crippen LogP contribution < -0.4 is 21.5 Å². The maximum atomic E-state index is 11.8. The predicted molar refractivity (Wildman–Crippen MR) is 96.1 cm³/mol. The maximum Gasteiger partial charge on any atom is 0.329 e. The highest BCUT2D eigenvalue weighted by atomic mass is 16.2. The normalized spacial score (nSPS) is 17.2. The van der Waals surface area contributed by atoms with Crippen molar-refractivity contribution in [3.05, 3.63) is 57.4 Å². The zero-order valence-corrected chi connectivity index (χ0v) is 13.8. The van der Waals surface area contributed by atoms with Gasteiger partial charge in [0.1, 0.15) is 11.6 Å². The molecule has 3 heterocycles. The number of H-pyrrole nitrogens is 1. The Balaban J connectivity index is 1.50. The smallest absolute Gasteiger partial charge is 0.329 e. The molecule has 3 aromatic rings. The van der Waals surface area contributed by atoms with Gasteiger partial charge in [-0.15, -0.1) is 0 Å². The van der Waals surface area contributed by atoms with E-state index in [1.165, 1.54) is 13.1 Å². The summed E-state index contributed by atoms with van der Waals surface area (Å²) in [5.74, 6) is 1.28. The summed E-state index contributed by atoms with van der Waals surface area (Å²) in [6.45, 7) is 1.43. The number of aromatic amines is 1. The van der Waals surface area contributed by atoms with E-state index >= 15 is 0 Å². The Morgan fingerprint density at radius 3 is 2.84 bits per heavy atom. The summed E-state index contributed by atoms with van der Waals surface area (Å²) >= 11 is 0. The lowest BCUT2D eigenvalue weighted by Crippen LogP contribution is -2.35. The molecule has 1 aliphatic rings. The summed E-state index contributed by atoms with van der Waals surface area (Å²) < 4.78 is 1.06. The molecular formula is C17H18N6O2. The molecule has 8 heteroatoms. The van der Waals surface area contributed by atoms with Gasteiger partial charge in [-0.3, -0.25) is 19.3 Å². The van der Waals surface area contributed by atoms with Crippen LogP contribution in [0.5, 0.6) is 0 Å². The molecular weight excluding hydrogens is 320 g/mol. The molecule has 0 radical (unpaired) electrons. The third-order valence-electron chi connectivity index (χ3n) is 4.46. The average Bonchev–Trinajstić information content (AvgIpc) is 3.07. The Kier molecular flexibility index (Phi) is 3.72. The van der Waals surface area contributed by atoms with Crippen LogP contribution in [0.2, 0.25) is 0 Å². The highest BCUT2D eigenvalue weighted by Gasteiger charge is 2.24. The van der Waals surface area contributed by atoms with E-state index in [-0.39, 0.29) is 11.6 Å². The van der Waals surface area contributed by atoms with E-state index in [1.807, 2.05) is 29.2 Å². The first kappa shape index (κ1) is 15.4. The zero-order chi connectivity index (χ0) is 17.4. The predicted octanol–water partition coefficient (Wildman–Crippen LogP) is 0.708. The van der Waals surface area contributed by atoms with Crippen LogP contribution in [-0.4, -0.2) is 38.7 Å². The number of anilines is 2. The molecule has 1 atom stereocenters. The molecule has 1 aliphatic heterocycles. The SMILES string of the molecule is Cn1c(=O)cc(N2CC[C@H](Nc3cnc4ccccc4n3)C2)[nH]c1=O. The van der Waals surface area contributed by atoms with Gasteiger partial charge < -0.3 is 10.2 Å². The molecule has 1 fully saturated rings. The highest BCUT2D eigenvalue weighted by molar-refractivity contribution is 5.75. The van der Waals surface area contributed by atoms with Crippen LogP contribution >= 0.6 is 0 Å². The standard InChI is InChI=1S/C17H18N6O2/c1-22-16(24)8-15(21-17(22)25)23-7-6-11(10-23)19-14-9-18-12-4-2-3-5-13(12)20-14/h2-5,8-9,11H,6-7,10H2,1H3,(H,19,20)(H,21,25)/t11-/m0/s1. The van der Waals surface area contributed by atoms with Crippen LogP contribution in [0.25, 0.3) is 11.0 Å². The van der Waals surface area contributed by atoms with Crippen molar-refractivity contribution in [2.24, 2.45) is 7.05 Å². The number of hydrogen-bond donors (Lipinski definition) is 2. The molecule has 128 valence electrons. The van der Waals surface area contributed by atoms with Crippen molar-refractivity contribution in [1.82, 2.24) is 19.5 Å². The number of nitrogens with one attached hydrogen (secondary N) is 2. The van der Waals surface area contributed by atoms with Gasteiger partial charge in [-0.25, -0.2) is 9.78 Å². The number of benzene rings is 1.